The van der Waals surface area contributed by atoms with Crippen LogP contribution >= 0.6 is 11.9 Å². The quantitative estimate of drug-likeness (QED) is 0.114. The summed E-state index contributed by atoms with van der Waals surface area (Å²) < 4.78 is 15.3. The van der Waals surface area contributed by atoms with Gasteiger partial charge in [-0.05, 0) is 38.8 Å². The molecule has 45 heavy (non-hydrogen) atoms. The van der Waals surface area contributed by atoms with Crippen molar-refractivity contribution in [2.75, 3.05) is 39.2 Å². The first-order chi connectivity index (χ1) is 21.9. The molecule has 0 aliphatic carbocycles. The molecular weight excluding hydrogens is 586 g/mol. The van der Waals surface area contributed by atoms with E-state index in [4.69, 9.17) is 14.6 Å². The van der Waals surface area contributed by atoms with Gasteiger partial charge in [-0.15, -0.1) is 0 Å². The van der Waals surface area contributed by atoms with Crippen LogP contribution in [0.2, 0.25) is 0 Å². The lowest BCUT2D eigenvalue weighted by atomic mass is 9.95. The molecule has 1 fully saturated rings. The highest BCUT2D eigenvalue weighted by molar-refractivity contribution is 7.96. The number of aromatic amines is 1. The number of ketones is 1. The highest BCUT2D eigenvalue weighted by Gasteiger charge is 2.25. The first kappa shape index (κ1) is 33.5. The predicted octanol–water partition coefficient (Wildman–Crippen LogP) is 6.71. The minimum absolute atomic E-state index is 0.0369. The lowest BCUT2D eigenvalue weighted by molar-refractivity contribution is 0.100. The van der Waals surface area contributed by atoms with Crippen molar-refractivity contribution in [3.05, 3.63) is 108 Å². The molecular formula is C34H43N7O3S. The summed E-state index contributed by atoms with van der Waals surface area (Å²) >= 11 is 1.83. The zero-order valence-corrected chi connectivity index (χ0v) is 27.3. The molecule has 1 saturated heterocycles. The monoisotopic (exact) mass is 629 g/mol. The SMILES string of the molecule is C=C/C=C(C)\C=C/C(C)n1nc(C2CCN(SCc3ccc(OC)cc3OC)CC2)cc1NCC(=O)c1cnccc[nH]nc1. The van der Waals surface area contributed by atoms with Gasteiger partial charge in [-0.25, -0.2) is 4.68 Å². The number of Topliss-reactive ketones (excluding diaryl/α,β-unsaturated/α-hetero) is 1. The van der Waals surface area contributed by atoms with E-state index in [1.54, 1.807) is 38.8 Å². The maximum atomic E-state index is 13.1. The number of nitrogens with one attached hydrogen (secondary N) is 2. The minimum Gasteiger partial charge on any atom is -0.497 e. The van der Waals surface area contributed by atoms with Crippen molar-refractivity contribution in [3.63, 3.8) is 0 Å². The van der Waals surface area contributed by atoms with Crippen molar-refractivity contribution < 1.29 is 14.3 Å². The maximum Gasteiger partial charge on any atom is 0.185 e. The zero-order chi connectivity index (χ0) is 32.0. The lowest BCUT2D eigenvalue weighted by Gasteiger charge is -2.30. The Hall–Kier alpha value is -4.35. The molecule has 1 aromatic carbocycles. The van der Waals surface area contributed by atoms with Crippen molar-refractivity contribution in [1.82, 2.24) is 29.3 Å². The molecule has 3 heterocycles. The Labute approximate surface area is 270 Å². The number of benzene rings is 1. The Bertz CT molecular complexity index is 1510. The van der Waals surface area contributed by atoms with Gasteiger partial charge in [0.25, 0.3) is 0 Å². The molecule has 0 bridgehead atoms. The Balaban J connectivity index is 1.45. The van der Waals surface area contributed by atoms with Gasteiger partial charge in [-0.1, -0.05) is 54.5 Å². The van der Waals surface area contributed by atoms with E-state index < -0.39 is 0 Å². The molecule has 0 amide bonds. The smallest absolute Gasteiger partial charge is 0.185 e. The summed E-state index contributed by atoms with van der Waals surface area (Å²) in [6.07, 6.45) is 16.1. The molecule has 1 atom stereocenters. The summed E-state index contributed by atoms with van der Waals surface area (Å²) in [4.78, 5) is 17.2. The van der Waals surface area contributed by atoms with Gasteiger partial charge in [0, 0.05) is 61.0 Å². The number of aromatic nitrogens is 5. The standard InChI is InChI=1S/C34H43N7O3S/c1-6-8-25(2)9-10-26(3)41-34(36-23-32(42)29-21-35-15-7-16-37-38-22-29)20-31(39-41)27-13-17-40(18-14-27)45-24-28-11-12-30(43-4)19-33(28)44-5/h6-12,15-16,19-22,26-27,36-37H,1,13-14,17-18,23-24H2,2-5H3/b10-9-,16-7?,25-8-,29-21?,35-15?,38-22?. The summed E-state index contributed by atoms with van der Waals surface area (Å²) in [6.45, 7) is 9.91. The van der Waals surface area contributed by atoms with Crippen molar-refractivity contribution >= 4 is 23.5 Å². The highest BCUT2D eigenvalue weighted by Crippen LogP contribution is 2.35. The molecule has 1 aliphatic heterocycles. The average molecular weight is 630 g/mol. The fourth-order valence-electron chi connectivity index (χ4n) is 4.94. The molecule has 2 aromatic heterocycles. The Morgan fingerprint density at radius 1 is 1.22 bits per heavy atom. The lowest BCUT2D eigenvalue weighted by Crippen LogP contribution is -2.28. The number of methoxy groups -OCH3 is 2. The number of hydrogen-bond acceptors (Lipinski definition) is 9. The van der Waals surface area contributed by atoms with Gasteiger partial charge in [0.1, 0.15) is 17.3 Å². The van der Waals surface area contributed by atoms with E-state index in [0.29, 0.717) is 11.5 Å². The third-order valence-corrected chi connectivity index (χ3v) is 8.68. The molecule has 0 saturated carbocycles. The second-order valence-corrected chi connectivity index (χ2v) is 11.8. The summed E-state index contributed by atoms with van der Waals surface area (Å²) in [7, 11) is 3.35. The third-order valence-electron chi connectivity index (χ3n) is 7.51. The molecule has 11 heteroatoms. The van der Waals surface area contributed by atoms with Crippen LogP contribution in [0.25, 0.3) is 0 Å². The van der Waals surface area contributed by atoms with E-state index >= 15 is 0 Å². The number of ether oxygens (including phenoxy) is 2. The largest absolute Gasteiger partial charge is 0.497 e. The number of piperidine rings is 1. The molecule has 0 radical (unpaired) electrons. The Morgan fingerprint density at radius 3 is 2.80 bits per heavy atom. The van der Waals surface area contributed by atoms with Crippen LogP contribution in [0.4, 0.5) is 5.82 Å². The fraction of sp³-hybridized carbons (Fsp3) is 0.353. The predicted molar refractivity (Wildman–Crippen MR) is 181 cm³/mol. The van der Waals surface area contributed by atoms with E-state index in [1.807, 2.05) is 41.8 Å². The number of carbonyl (C=O) groups excluding carboxylic acids is 1. The number of carbonyl (C=O) groups is 1. The molecule has 10 nitrogen and oxygen atoms in total. The topological polar surface area (TPSA) is 110 Å². The van der Waals surface area contributed by atoms with Gasteiger partial charge in [0.15, 0.2) is 5.78 Å². The molecule has 238 valence electrons. The van der Waals surface area contributed by atoms with Gasteiger partial charge in [0.2, 0.25) is 0 Å². The zero-order valence-electron chi connectivity index (χ0n) is 26.5. The first-order valence-corrected chi connectivity index (χ1v) is 16.0. The molecule has 0 spiro atoms. The molecule has 1 aliphatic rings. The molecule has 2 N–H and O–H groups in total. The number of hydrogen-bond donors (Lipinski definition) is 2. The van der Waals surface area contributed by atoms with Crippen LogP contribution in [0.5, 0.6) is 11.5 Å². The summed E-state index contributed by atoms with van der Waals surface area (Å²) in [5.74, 6) is 3.46. The van der Waals surface area contributed by atoms with Crippen molar-refractivity contribution in [2.45, 2.75) is 44.4 Å². The molecule has 1 unspecified atom stereocenters. The van der Waals surface area contributed by atoms with Crippen LogP contribution in [0.1, 0.15) is 60.3 Å². The molecule has 4 rings (SSSR count). The van der Waals surface area contributed by atoms with Crippen LogP contribution in [-0.2, 0) is 5.75 Å². The van der Waals surface area contributed by atoms with E-state index in [-0.39, 0.29) is 18.4 Å². The second-order valence-electron chi connectivity index (χ2n) is 10.7. The van der Waals surface area contributed by atoms with Gasteiger partial charge in [0.05, 0.1) is 44.3 Å². The minimum atomic E-state index is -0.124. The Kier molecular flexibility index (Phi) is 12.8. The third kappa shape index (κ3) is 9.82. The van der Waals surface area contributed by atoms with Crippen LogP contribution in [0.15, 0.2) is 91.6 Å². The Morgan fingerprint density at radius 2 is 2.04 bits per heavy atom. The van der Waals surface area contributed by atoms with Crippen LogP contribution in [0.3, 0.4) is 0 Å². The van der Waals surface area contributed by atoms with E-state index in [9.17, 15) is 4.79 Å². The first-order valence-electron chi connectivity index (χ1n) is 15.0. The van der Waals surface area contributed by atoms with Gasteiger partial charge < -0.3 is 14.8 Å². The number of H-pyrrole nitrogens is 1. The number of rotatable bonds is 14. The van der Waals surface area contributed by atoms with E-state index in [0.717, 1.165) is 65.8 Å². The highest BCUT2D eigenvalue weighted by atomic mass is 32.2. The fourth-order valence-corrected chi connectivity index (χ4v) is 5.97. The maximum absolute atomic E-state index is 13.1. The van der Waals surface area contributed by atoms with E-state index in [1.165, 1.54) is 12.4 Å². The number of allylic oxidation sites excluding steroid dienone is 5. The van der Waals surface area contributed by atoms with Gasteiger partial charge >= 0.3 is 0 Å². The molecule has 3 aromatic rings. The summed E-state index contributed by atoms with van der Waals surface area (Å²) in [6, 6.07) is 9.73. The number of anilines is 1. The number of nitrogens with zero attached hydrogens (tertiary/aromatic N) is 5. The van der Waals surface area contributed by atoms with Gasteiger partial charge in [-0.3, -0.25) is 19.2 Å². The van der Waals surface area contributed by atoms with E-state index in [2.05, 4.69) is 62.6 Å². The average Bonchev–Trinajstić information content (AvgIpc) is 3.55. The van der Waals surface area contributed by atoms with Crippen molar-refractivity contribution in [3.8, 4) is 11.5 Å². The van der Waals surface area contributed by atoms with Crippen molar-refractivity contribution in [2.24, 2.45) is 0 Å². The van der Waals surface area contributed by atoms with Gasteiger partial charge in [-0.2, -0.15) is 10.2 Å². The second kappa shape index (κ2) is 17.2. The summed E-state index contributed by atoms with van der Waals surface area (Å²) in [5.41, 5.74) is 3.68. The van der Waals surface area contributed by atoms with Crippen LogP contribution < -0.4 is 14.8 Å². The van der Waals surface area contributed by atoms with Crippen LogP contribution in [-0.4, -0.2) is 68.9 Å². The van der Waals surface area contributed by atoms with Crippen molar-refractivity contribution in [1.29, 1.82) is 0 Å². The normalized spacial score (nSPS) is 15.0. The summed E-state index contributed by atoms with van der Waals surface area (Å²) in [5, 5.41) is 15.2. The van der Waals surface area contributed by atoms with Crippen LogP contribution in [0, 0.1) is 0 Å².